The van der Waals surface area contributed by atoms with Crippen LogP contribution < -0.4 is 5.73 Å². The molecular formula is C15H13BrN2O. The Balaban J connectivity index is 1.97. The summed E-state index contributed by atoms with van der Waals surface area (Å²) >= 11 is 3.56. The Hall–Kier alpha value is -1.65. The summed E-state index contributed by atoms with van der Waals surface area (Å²) in [4.78, 5) is 4.65. The minimum Gasteiger partial charge on any atom is -0.472 e. The van der Waals surface area contributed by atoms with Crippen LogP contribution in [0, 0.1) is 0 Å². The maximum atomic E-state index is 6.24. The van der Waals surface area contributed by atoms with Gasteiger partial charge in [-0.1, -0.05) is 18.2 Å². The molecule has 0 amide bonds. The molecule has 0 spiro atoms. The Morgan fingerprint density at radius 3 is 2.89 bits per heavy atom. The Morgan fingerprint density at radius 2 is 2.11 bits per heavy atom. The summed E-state index contributed by atoms with van der Waals surface area (Å²) in [6.07, 6.45) is 4.08. The number of hydrogen-bond acceptors (Lipinski definition) is 3. The zero-order chi connectivity index (χ0) is 13.2. The number of pyridine rings is 1. The van der Waals surface area contributed by atoms with Gasteiger partial charge in [0.25, 0.3) is 0 Å². The molecule has 2 N–H and O–H groups in total. The van der Waals surface area contributed by atoms with Crippen molar-refractivity contribution in [1.29, 1.82) is 0 Å². The molecule has 0 radical (unpaired) electrons. The van der Waals surface area contributed by atoms with E-state index in [9.17, 15) is 0 Å². The first-order chi connectivity index (χ1) is 9.24. The molecule has 3 rings (SSSR count). The van der Waals surface area contributed by atoms with E-state index in [1.165, 1.54) is 0 Å². The second-order valence-corrected chi connectivity index (χ2v) is 5.34. The van der Waals surface area contributed by atoms with E-state index in [4.69, 9.17) is 10.2 Å². The van der Waals surface area contributed by atoms with Crippen LogP contribution in [0.3, 0.4) is 0 Å². The maximum absolute atomic E-state index is 6.24. The molecule has 1 unspecified atom stereocenters. The van der Waals surface area contributed by atoms with Gasteiger partial charge in [-0.25, -0.2) is 4.98 Å². The average molecular weight is 317 g/mol. The normalized spacial score (nSPS) is 12.7. The topological polar surface area (TPSA) is 52.0 Å². The molecule has 1 atom stereocenters. The van der Waals surface area contributed by atoms with Gasteiger partial charge < -0.3 is 10.2 Å². The molecule has 0 saturated heterocycles. The second kappa shape index (κ2) is 5.15. The molecule has 3 nitrogen and oxygen atoms in total. The lowest BCUT2D eigenvalue weighted by molar-refractivity contribution is 0.560. The average Bonchev–Trinajstić information content (AvgIpc) is 2.90. The molecule has 0 aliphatic carbocycles. The first-order valence-corrected chi connectivity index (χ1v) is 6.85. The minimum atomic E-state index is -0.156. The highest BCUT2D eigenvalue weighted by atomic mass is 79.9. The molecule has 2 heterocycles. The number of nitrogens with zero attached hydrogens (tertiary/aromatic N) is 1. The van der Waals surface area contributed by atoms with Gasteiger partial charge in [-0.3, -0.25) is 0 Å². The van der Waals surface area contributed by atoms with Crippen molar-refractivity contribution in [2.24, 2.45) is 5.73 Å². The first-order valence-electron chi connectivity index (χ1n) is 6.06. The van der Waals surface area contributed by atoms with Gasteiger partial charge >= 0.3 is 0 Å². The highest BCUT2D eigenvalue weighted by molar-refractivity contribution is 9.10. The van der Waals surface area contributed by atoms with E-state index in [1.807, 2.05) is 30.3 Å². The van der Waals surface area contributed by atoms with Crippen molar-refractivity contribution >= 4 is 26.8 Å². The zero-order valence-corrected chi connectivity index (χ0v) is 11.8. The van der Waals surface area contributed by atoms with Crippen LogP contribution in [0.1, 0.15) is 17.3 Å². The molecule has 4 heteroatoms. The number of benzene rings is 1. The summed E-state index contributed by atoms with van der Waals surface area (Å²) in [5.41, 5.74) is 9.16. The molecule has 3 aromatic rings. The van der Waals surface area contributed by atoms with Crippen LogP contribution in [0.25, 0.3) is 10.9 Å². The van der Waals surface area contributed by atoms with Gasteiger partial charge in [0.15, 0.2) is 0 Å². The predicted octanol–water partition coefficient (Wildman–Crippen LogP) is 3.83. The van der Waals surface area contributed by atoms with Gasteiger partial charge in [-0.2, -0.15) is 0 Å². The number of para-hydroxylation sites is 1. The van der Waals surface area contributed by atoms with Gasteiger partial charge in [-0.05, 0) is 46.1 Å². The molecule has 0 bridgehead atoms. The van der Waals surface area contributed by atoms with Crippen molar-refractivity contribution in [1.82, 2.24) is 4.98 Å². The third-order valence-electron chi connectivity index (χ3n) is 3.09. The summed E-state index contributed by atoms with van der Waals surface area (Å²) in [6, 6.07) is 11.9. The van der Waals surface area contributed by atoms with Crippen LogP contribution in [0.4, 0.5) is 0 Å². The molecule has 19 heavy (non-hydrogen) atoms. The number of aromatic nitrogens is 1. The molecule has 2 aromatic heterocycles. The number of halogens is 1. The van der Waals surface area contributed by atoms with E-state index in [-0.39, 0.29) is 6.04 Å². The van der Waals surface area contributed by atoms with Crippen LogP contribution >= 0.6 is 15.9 Å². The van der Waals surface area contributed by atoms with E-state index < -0.39 is 0 Å². The maximum Gasteiger partial charge on any atom is 0.0935 e. The molecule has 1 aromatic carbocycles. The van der Waals surface area contributed by atoms with Gasteiger partial charge in [0, 0.05) is 9.86 Å². The number of hydrogen-bond donors (Lipinski definition) is 1. The monoisotopic (exact) mass is 316 g/mol. The minimum absolute atomic E-state index is 0.156. The highest BCUT2D eigenvalue weighted by Crippen LogP contribution is 2.26. The first kappa shape index (κ1) is 12.4. The van der Waals surface area contributed by atoms with Crippen molar-refractivity contribution in [3.8, 4) is 0 Å². The van der Waals surface area contributed by atoms with E-state index in [0.717, 1.165) is 26.6 Å². The number of fused-ring (bicyclic) bond motifs is 1. The molecule has 0 fully saturated rings. The summed E-state index contributed by atoms with van der Waals surface area (Å²) in [6.45, 7) is 0. The number of furan rings is 1. The zero-order valence-electron chi connectivity index (χ0n) is 10.2. The smallest absolute Gasteiger partial charge is 0.0935 e. The van der Waals surface area contributed by atoms with E-state index in [2.05, 4.69) is 27.0 Å². The van der Waals surface area contributed by atoms with Gasteiger partial charge in [0.1, 0.15) is 0 Å². The molecular weight excluding hydrogens is 304 g/mol. The lowest BCUT2D eigenvalue weighted by Crippen LogP contribution is -2.15. The van der Waals surface area contributed by atoms with Crippen molar-refractivity contribution in [2.75, 3.05) is 0 Å². The van der Waals surface area contributed by atoms with E-state index in [0.29, 0.717) is 6.42 Å². The molecule has 96 valence electrons. The number of rotatable bonds is 3. The van der Waals surface area contributed by atoms with Crippen LogP contribution in [-0.4, -0.2) is 4.98 Å². The van der Waals surface area contributed by atoms with Crippen LogP contribution in [0.15, 0.2) is 57.8 Å². The fourth-order valence-corrected chi connectivity index (χ4v) is 2.75. The SMILES string of the molecule is NC(Cc1ccoc1)c1nc2ccccc2cc1Br. The standard InChI is InChI=1S/C15H13BrN2O/c16-12-8-11-3-1-2-4-14(11)18-15(12)13(17)7-10-5-6-19-9-10/h1-6,8-9,13H,7,17H2. The fourth-order valence-electron chi connectivity index (χ4n) is 2.12. The van der Waals surface area contributed by atoms with Gasteiger partial charge in [-0.15, -0.1) is 0 Å². The predicted molar refractivity (Wildman–Crippen MR) is 78.8 cm³/mol. The Kier molecular flexibility index (Phi) is 3.36. The lowest BCUT2D eigenvalue weighted by atomic mass is 10.1. The Bertz CT molecular complexity index is 694. The quantitative estimate of drug-likeness (QED) is 0.798. The Morgan fingerprint density at radius 1 is 1.26 bits per heavy atom. The highest BCUT2D eigenvalue weighted by Gasteiger charge is 2.14. The fraction of sp³-hybridized carbons (Fsp3) is 0.133. The summed E-state index contributed by atoms with van der Waals surface area (Å²) in [5.74, 6) is 0. The third-order valence-corrected chi connectivity index (χ3v) is 3.73. The number of nitrogens with two attached hydrogens (primary N) is 1. The van der Waals surface area contributed by atoms with Crippen molar-refractivity contribution in [2.45, 2.75) is 12.5 Å². The van der Waals surface area contributed by atoms with Gasteiger partial charge in [0.2, 0.25) is 0 Å². The third kappa shape index (κ3) is 2.55. The second-order valence-electron chi connectivity index (χ2n) is 4.49. The molecule has 0 aliphatic rings. The summed E-state index contributed by atoms with van der Waals surface area (Å²) < 4.78 is 6.01. The Labute approximate surface area is 119 Å². The van der Waals surface area contributed by atoms with E-state index in [1.54, 1.807) is 12.5 Å². The molecule has 0 aliphatic heterocycles. The van der Waals surface area contributed by atoms with Crippen LogP contribution in [0.5, 0.6) is 0 Å². The van der Waals surface area contributed by atoms with E-state index >= 15 is 0 Å². The largest absolute Gasteiger partial charge is 0.472 e. The lowest BCUT2D eigenvalue weighted by Gasteiger charge is -2.13. The van der Waals surface area contributed by atoms with Gasteiger partial charge in [0.05, 0.1) is 29.8 Å². The van der Waals surface area contributed by atoms with Crippen LogP contribution in [-0.2, 0) is 6.42 Å². The van der Waals surface area contributed by atoms with Crippen molar-refractivity contribution in [3.63, 3.8) is 0 Å². The summed E-state index contributed by atoms with van der Waals surface area (Å²) in [5, 5.41) is 1.11. The van der Waals surface area contributed by atoms with Crippen molar-refractivity contribution < 1.29 is 4.42 Å². The van der Waals surface area contributed by atoms with Crippen LogP contribution in [0.2, 0.25) is 0 Å². The summed E-state index contributed by atoms with van der Waals surface area (Å²) in [7, 11) is 0. The molecule has 0 saturated carbocycles. The van der Waals surface area contributed by atoms with Crippen molar-refractivity contribution in [3.05, 3.63) is 64.7 Å².